The average Bonchev–Trinajstić information content (AvgIpc) is 2.67. The van der Waals surface area contributed by atoms with E-state index in [2.05, 4.69) is 81.5 Å². The van der Waals surface area contributed by atoms with Gasteiger partial charge in [-0.15, -0.1) is 11.8 Å². The number of allylic oxidation sites excluding steroid dienone is 1. The van der Waals surface area contributed by atoms with Crippen LogP contribution in [-0.2, 0) is 6.42 Å². The lowest BCUT2D eigenvalue weighted by Crippen LogP contribution is -2.17. The Balaban J connectivity index is 1.88. The van der Waals surface area contributed by atoms with E-state index in [1.165, 1.54) is 16.0 Å². The molecule has 2 aromatic rings. The molecule has 2 heteroatoms. The van der Waals surface area contributed by atoms with Gasteiger partial charge in [0.2, 0.25) is 0 Å². The lowest BCUT2D eigenvalue weighted by molar-refractivity contribution is 0.752. The van der Waals surface area contributed by atoms with E-state index in [1.807, 2.05) is 11.8 Å². The Hall–Kier alpha value is -1.80. The number of thioether (sulfide) groups is 1. The lowest BCUT2D eigenvalue weighted by Gasteiger charge is -2.21. The molecule has 118 valence electrons. The minimum Gasteiger partial charge on any atom is -0.252 e. The second kappa shape index (κ2) is 6.76. The van der Waals surface area contributed by atoms with Gasteiger partial charge in [0.1, 0.15) is 0 Å². The first-order valence-electron chi connectivity index (χ1n) is 8.18. The van der Waals surface area contributed by atoms with Crippen molar-refractivity contribution >= 4 is 29.2 Å². The monoisotopic (exact) mass is 321 g/mol. The zero-order chi connectivity index (χ0) is 16.3. The van der Waals surface area contributed by atoms with Crippen molar-refractivity contribution in [3.8, 4) is 0 Å². The molecule has 23 heavy (non-hydrogen) atoms. The maximum atomic E-state index is 4.89. The van der Waals surface area contributed by atoms with Gasteiger partial charge in [-0.3, -0.25) is 4.99 Å². The van der Waals surface area contributed by atoms with Crippen LogP contribution in [0.5, 0.6) is 0 Å². The molecule has 0 saturated carbocycles. The molecule has 0 aliphatic carbocycles. The smallest absolute Gasteiger partial charge is 0.0768 e. The van der Waals surface area contributed by atoms with Crippen LogP contribution in [0.2, 0.25) is 0 Å². The Labute approximate surface area is 143 Å². The fourth-order valence-electron chi connectivity index (χ4n) is 2.75. The summed E-state index contributed by atoms with van der Waals surface area (Å²) in [5.74, 6) is 0. The number of aliphatic imine (C=N–C) groups is 1. The lowest BCUT2D eigenvalue weighted by atomic mass is 10.0. The molecule has 0 saturated heterocycles. The van der Waals surface area contributed by atoms with Gasteiger partial charge < -0.3 is 0 Å². The fourth-order valence-corrected chi connectivity index (χ4v) is 3.93. The summed E-state index contributed by atoms with van der Waals surface area (Å²) in [5, 5.41) is 0. The van der Waals surface area contributed by atoms with Crippen LogP contribution in [0.1, 0.15) is 38.3 Å². The Morgan fingerprint density at radius 3 is 2.52 bits per heavy atom. The highest BCUT2D eigenvalue weighted by atomic mass is 32.2. The van der Waals surface area contributed by atoms with Crippen molar-refractivity contribution in [2.75, 3.05) is 0 Å². The van der Waals surface area contributed by atoms with Gasteiger partial charge in [-0.25, -0.2) is 0 Å². The number of benzene rings is 2. The normalized spacial score (nSPS) is 16.7. The molecule has 0 bridgehead atoms. The minimum absolute atomic E-state index is 0.155. The van der Waals surface area contributed by atoms with Crippen LogP contribution in [-0.4, -0.2) is 10.5 Å². The molecule has 0 aromatic heterocycles. The molecule has 0 unspecified atom stereocenters. The summed E-state index contributed by atoms with van der Waals surface area (Å²) in [5.41, 5.74) is 4.84. The Kier molecular flexibility index (Phi) is 4.72. The molecule has 0 fully saturated rings. The van der Waals surface area contributed by atoms with Gasteiger partial charge >= 0.3 is 0 Å². The summed E-state index contributed by atoms with van der Waals surface area (Å²) < 4.78 is 0.155. The van der Waals surface area contributed by atoms with E-state index in [-0.39, 0.29) is 4.75 Å². The third kappa shape index (κ3) is 4.14. The number of aryl methyl sites for hydroxylation is 1. The average molecular weight is 321 g/mol. The highest BCUT2D eigenvalue weighted by Crippen LogP contribution is 2.43. The van der Waals surface area contributed by atoms with Gasteiger partial charge in [0.05, 0.1) is 5.69 Å². The van der Waals surface area contributed by atoms with E-state index in [0.717, 1.165) is 24.2 Å². The highest BCUT2D eigenvalue weighted by Gasteiger charge is 2.25. The van der Waals surface area contributed by atoms with Crippen molar-refractivity contribution in [3.05, 3.63) is 65.7 Å². The van der Waals surface area contributed by atoms with Crippen LogP contribution in [0, 0.1) is 0 Å². The number of nitrogens with zero attached hydrogens (tertiary/aromatic N) is 1. The number of hydrogen-bond acceptors (Lipinski definition) is 2. The van der Waals surface area contributed by atoms with Crippen molar-refractivity contribution in [2.24, 2.45) is 4.99 Å². The first-order valence-corrected chi connectivity index (χ1v) is 9.00. The zero-order valence-electron chi connectivity index (χ0n) is 14.0. The van der Waals surface area contributed by atoms with Crippen LogP contribution in [0.15, 0.2) is 64.5 Å². The second-order valence-electron chi connectivity index (χ2n) is 6.54. The maximum absolute atomic E-state index is 4.89. The maximum Gasteiger partial charge on any atom is 0.0768 e. The molecule has 1 aliphatic heterocycles. The van der Waals surface area contributed by atoms with Gasteiger partial charge in [-0.2, -0.15) is 0 Å². The third-order valence-corrected chi connectivity index (χ3v) is 5.24. The largest absolute Gasteiger partial charge is 0.252 e. The second-order valence-corrected chi connectivity index (χ2v) is 8.29. The Morgan fingerprint density at radius 2 is 1.78 bits per heavy atom. The fraction of sp³-hybridized carbons (Fsp3) is 0.286. The standard InChI is InChI=1S/C21H23NS/c1-4-16-9-11-17(12-10-16)13-14-18-15-21(2,3)23-20-8-6-5-7-19(20)22-18/h5-14H,4,15H2,1-3H3. The molecule has 0 amide bonds. The Bertz CT molecular complexity index is 739. The molecule has 0 radical (unpaired) electrons. The highest BCUT2D eigenvalue weighted by molar-refractivity contribution is 8.00. The topological polar surface area (TPSA) is 12.4 Å². The van der Waals surface area contributed by atoms with Gasteiger partial charge in [0, 0.05) is 21.8 Å². The quantitative estimate of drug-likeness (QED) is 0.645. The summed E-state index contributed by atoms with van der Waals surface area (Å²) in [6.07, 6.45) is 6.40. The van der Waals surface area contributed by atoms with E-state index >= 15 is 0 Å². The van der Waals surface area contributed by atoms with Crippen LogP contribution in [0.4, 0.5) is 5.69 Å². The van der Waals surface area contributed by atoms with Gasteiger partial charge in [0.25, 0.3) is 0 Å². The van der Waals surface area contributed by atoms with Crippen LogP contribution >= 0.6 is 11.8 Å². The molecule has 0 atom stereocenters. The van der Waals surface area contributed by atoms with E-state index in [9.17, 15) is 0 Å². The molecule has 1 aliphatic rings. The molecule has 3 rings (SSSR count). The number of hydrogen-bond donors (Lipinski definition) is 0. The van der Waals surface area contributed by atoms with E-state index in [4.69, 9.17) is 4.99 Å². The van der Waals surface area contributed by atoms with Crippen molar-refractivity contribution in [2.45, 2.75) is 43.3 Å². The van der Waals surface area contributed by atoms with E-state index < -0.39 is 0 Å². The molecule has 1 heterocycles. The summed E-state index contributed by atoms with van der Waals surface area (Å²) in [7, 11) is 0. The Morgan fingerprint density at radius 1 is 1.04 bits per heavy atom. The van der Waals surface area contributed by atoms with Gasteiger partial charge in [-0.05, 0) is 49.6 Å². The van der Waals surface area contributed by atoms with Crippen LogP contribution < -0.4 is 0 Å². The first kappa shape index (κ1) is 16.1. The molecule has 0 N–H and O–H groups in total. The van der Waals surface area contributed by atoms with E-state index in [1.54, 1.807) is 0 Å². The van der Waals surface area contributed by atoms with Gasteiger partial charge in [-0.1, -0.05) is 49.4 Å². The zero-order valence-corrected chi connectivity index (χ0v) is 14.9. The predicted molar refractivity (Wildman–Crippen MR) is 103 cm³/mol. The molecular weight excluding hydrogens is 298 g/mol. The molecule has 0 spiro atoms. The number of fused-ring (bicyclic) bond motifs is 1. The van der Waals surface area contributed by atoms with Crippen molar-refractivity contribution in [1.29, 1.82) is 0 Å². The number of rotatable bonds is 3. The van der Waals surface area contributed by atoms with Crippen LogP contribution in [0.25, 0.3) is 6.08 Å². The van der Waals surface area contributed by atoms with Gasteiger partial charge in [0.15, 0.2) is 0 Å². The van der Waals surface area contributed by atoms with E-state index in [0.29, 0.717) is 0 Å². The summed E-state index contributed by atoms with van der Waals surface area (Å²) >= 11 is 1.92. The minimum atomic E-state index is 0.155. The third-order valence-electron chi connectivity index (χ3n) is 3.98. The molecular formula is C21H23NS. The predicted octanol–water partition coefficient (Wildman–Crippen LogP) is 6.31. The SMILES string of the molecule is CCc1ccc(C=CC2=Nc3ccccc3SC(C)(C)C2)cc1. The summed E-state index contributed by atoms with van der Waals surface area (Å²) in [4.78, 5) is 6.16. The summed E-state index contributed by atoms with van der Waals surface area (Å²) in [6.45, 7) is 6.76. The molecule has 2 aromatic carbocycles. The van der Waals surface area contributed by atoms with Crippen molar-refractivity contribution < 1.29 is 0 Å². The molecule has 1 nitrogen and oxygen atoms in total. The van der Waals surface area contributed by atoms with Crippen molar-refractivity contribution in [3.63, 3.8) is 0 Å². The van der Waals surface area contributed by atoms with Crippen LogP contribution in [0.3, 0.4) is 0 Å². The number of para-hydroxylation sites is 1. The van der Waals surface area contributed by atoms with Crippen molar-refractivity contribution in [1.82, 2.24) is 0 Å². The first-order chi connectivity index (χ1) is 11.1. The summed E-state index contributed by atoms with van der Waals surface area (Å²) in [6, 6.07) is 17.2.